The Morgan fingerprint density at radius 3 is 2.52 bits per heavy atom. The molecule has 0 aliphatic carbocycles. The lowest BCUT2D eigenvalue weighted by molar-refractivity contribution is -0.144. The number of hydrogen-bond donors (Lipinski definition) is 0. The predicted octanol–water partition coefficient (Wildman–Crippen LogP) is 4.07. The maximum absolute atomic E-state index is 11.7. The van der Waals surface area contributed by atoms with E-state index in [1.807, 2.05) is 13.8 Å². The molecule has 0 saturated carbocycles. The molecule has 0 heterocycles. The van der Waals surface area contributed by atoms with Crippen LogP contribution in [0, 0.1) is 6.92 Å². The number of hydrogen-bond acceptors (Lipinski definition) is 4. The predicted molar refractivity (Wildman–Crippen MR) is 81.5 cm³/mol. The molecule has 0 bridgehead atoms. The third-order valence-electron chi connectivity index (χ3n) is 2.88. The Labute approximate surface area is 130 Å². The lowest BCUT2D eigenvalue weighted by atomic mass is 10.2. The molecule has 0 saturated heterocycles. The van der Waals surface area contributed by atoms with Gasteiger partial charge in [0, 0.05) is 17.9 Å². The molecule has 0 aliphatic rings. The van der Waals surface area contributed by atoms with Gasteiger partial charge in [-0.05, 0) is 43.5 Å². The fraction of sp³-hybridized carbons (Fsp3) is 0.500. The van der Waals surface area contributed by atoms with Crippen molar-refractivity contribution in [1.82, 2.24) is 0 Å². The summed E-state index contributed by atoms with van der Waals surface area (Å²) in [5.41, 5.74) is 0.801. The zero-order valence-corrected chi connectivity index (χ0v) is 13.2. The average Bonchev–Trinajstić information content (AvgIpc) is 2.42. The molecule has 21 heavy (non-hydrogen) atoms. The van der Waals surface area contributed by atoms with E-state index in [1.165, 1.54) is 0 Å². The molecule has 1 aromatic rings. The summed E-state index contributed by atoms with van der Waals surface area (Å²) in [7, 11) is 0. The van der Waals surface area contributed by atoms with Crippen LogP contribution in [0.4, 0.5) is 0 Å². The number of halogens is 1. The summed E-state index contributed by atoms with van der Waals surface area (Å²) in [6.07, 6.45) is 2.70. The second kappa shape index (κ2) is 9.40. The molecule has 0 amide bonds. The maximum Gasteiger partial charge on any atom is 0.311 e. The Morgan fingerprint density at radius 2 is 1.86 bits per heavy atom. The van der Waals surface area contributed by atoms with Crippen molar-refractivity contribution < 1.29 is 19.1 Å². The number of benzene rings is 1. The molecule has 0 aromatic heterocycles. The Kier molecular flexibility index (Phi) is 7.83. The van der Waals surface area contributed by atoms with Crippen molar-refractivity contribution >= 4 is 23.5 Å². The van der Waals surface area contributed by atoms with E-state index in [9.17, 15) is 9.59 Å². The highest BCUT2D eigenvalue weighted by Crippen LogP contribution is 2.22. The molecule has 0 spiro atoms. The number of unbranched alkanes of at least 4 members (excludes halogenated alkanes) is 1. The number of esters is 2. The summed E-state index contributed by atoms with van der Waals surface area (Å²) in [5, 5.41) is 0.599. The number of carbonyl (C=O) groups is 2. The average molecular weight is 313 g/mol. The van der Waals surface area contributed by atoms with Crippen molar-refractivity contribution in [3.63, 3.8) is 0 Å². The molecular weight excluding hydrogens is 292 g/mol. The molecule has 0 aliphatic heterocycles. The van der Waals surface area contributed by atoms with Gasteiger partial charge in [0.2, 0.25) is 0 Å². The van der Waals surface area contributed by atoms with Crippen molar-refractivity contribution in [3.8, 4) is 5.75 Å². The minimum atomic E-state index is -0.359. The zero-order chi connectivity index (χ0) is 15.7. The van der Waals surface area contributed by atoms with Crippen LogP contribution in [0.2, 0.25) is 5.02 Å². The zero-order valence-electron chi connectivity index (χ0n) is 12.5. The summed E-state index contributed by atoms with van der Waals surface area (Å²) in [6, 6.07) is 5.06. The van der Waals surface area contributed by atoms with Gasteiger partial charge in [0.05, 0.1) is 6.61 Å². The van der Waals surface area contributed by atoms with Gasteiger partial charge in [-0.25, -0.2) is 0 Å². The molecule has 116 valence electrons. The van der Waals surface area contributed by atoms with E-state index in [1.54, 1.807) is 18.2 Å². The number of ether oxygens (including phenoxy) is 2. The van der Waals surface area contributed by atoms with Crippen LogP contribution < -0.4 is 4.74 Å². The van der Waals surface area contributed by atoms with Crippen LogP contribution in [-0.2, 0) is 14.3 Å². The summed E-state index contributed by atoms with van der Waals surface area (Å²) >= 11 is 5.83. The second-order valence-electron chi connectivity index (χ2n) is 4.81. The monoisotopic (exact) mass is 312 g/mol. The van der Waals surface area contributed by atoms with Crippen LogP contribution in [0.25, 0.3) is 0 Å². The molecule has 0 fully saturated rings. The number of aryl methyl sites for hydroxylation is 1. The highest BCUT2D eigenvalue weighted by atomic mass is 35.5. The summed E-state index contributed by atoms with van der Waals surface area (Å²) < 4.78 is 10.2. The lowest BCUT2D eigenvalue weighted by Gasteiger charge is -2.07. The van der Waals surface area contributed by atoms with Gasteiger partial charge in [-0.2, -0.15) is 0 Å². The maximum atomic E-state index is 11.7. The highest BCUT2D eigenvalue weighted by Gasteiger charge is 2.09. The molecule has 1 rings (SSSR count). The molecule has 4 nitrogen and oxygen atoms in total. The first-order valence-electron chi connectivity index (χ1n) is 7.15. The van der Waals surface area contributed by atoms with Crippen LogP contribution in [0.5, 0.6) is 5.75 Å². The minimum Gasteiger partial charge on any atom is -0.466 e. The quantitative estimate of drug-likeness (QED) is 0.412. The van der Waals surface area contributed by atoms with Crippen LogP contribution in [-0.4, -0.2) is 18.5 Å². The Morgan fingerprint density at radius 1 is 1.14 bits per heavy atom. The van der Waals surface area contributed by atoms with E-state index in [-0.39, 0.29) is 24.8 Å². The third-order valence-corrected chi connectivity index (χ3v) is 3.12. The molecule has 0 N–H and O–H groups in total. The van der Waals surface area contributed by atoms with E-state index in [0.29, 0.717) is 23.8 Å². The van der Waals surface area contributed by atoms with Crippen molar-refractivity contribution in [1.29, 1.82) is 0 Å². The second-order valence-corrected chi connectivity index (χ2v) is 5.25. The number of rotatable bonds is 8. The van der Waals surface area contributed by atoms with Gasteiger partial charge < -0.3 is 9.47 Å². The standard InChI is InChI=1S/C16H21ClO4/c1-3-4-10-20-15(18)6-5-7-16(19)21-14-9-8-13(17)11-12(14)2/h8-9,11H,3-7,10H2,1-2H3. The van der Waals surface area contributed by atoms with Crippen molar-refractivity contribution in [3.05, 3.63) is 28.8 Å². The van der Waals surface area contributed by atoms with E-state index in [0.717, 1.165) is 18.4 Å². The van der Waals surface area contributed by atoms with Crippen molar-refractivity contribution in [2.45, 2.75) is 46.0 Å². The number of carbonyl (C=O) groups excluding carboxylic acids is 2. The van der Waals surface area contributed by atoms with Crippen LogP contribution >= 0.6 is 11.6 Å². The topological polar surface area (TPSA) is 52.6 Å². The van der Waals surface area contributed by atoms with E-state index in [4.69, 9.17) is 21.1 Å². The summed E-state index contributed by atoms with van der Waals surface area (Å²) in [5.74, 6) is -0.129. The normalized spacial score (nSPS) is 10.2. The van der Waals surface area contributed by atoms with Crippen LogP contribution in [0.15, 0.2) is 18.2 Å². The molecule has 0 atom stereocenters. The van der Waals surface area contributed by atoms with Crippen molar-refractivity contribution in [2.75, 3.05) is 6.61 Å². The van der Waals surface area contributed by atoms with Gasteiger partial charge in [-0.3, -0.25) is 9.59 Å². The van der Waals surface area contributed by atoms with E-state index < -0.39 is 0 Å². The van der Waals surface area contributed by atoms with Crippen LogP contribution in [0.3, 0.4) is 0 Å². The first-order valence-corrected chi connectivity index (χ1v) is 7.53. The Bertz CT molecular complexity index is 485. The highest BCUT2D eigenvalue weighted by molar-refractivity contribution is 6.30. The third kappa shape index (κ3) is 7.14. The van der Waals surface area contributed by atoms with Gasteiger partial charge in [0.25, 0.3) is 0 Å². The van der Waals surface area contributed by atoms with E-state index >= 15 is 0 Å². The van der Waals surface area contributed by atoms with Gasteiger partial charge >= 0.3 is 11.9 Å². The smallest absolute Gasteiger partial charge is 0.311 e. The van der Waals surface area contributed by atoms with Gasteiger partial charge in [-0.1, -0.05) is 24.9 Å². The van der Waals surface area contributed by atoms with Crippen molar-refractivity contribution in [2.24, 2.45) is 0 Å². The summed E-state index contributed by atoms with van der Waals surface area (Å²) in [6.45, 7) is 4.30. The molecule has 1 aromatic carbocycles. The fourth-order valence-corrected chi connectivity index (χ4v) is 1.91. The van der Waals surface area contributed by atoms with E-state index in [2.05, 4.69) is 0 Å². The van der Waals surface area contributed by atoms with Gasteiger partial charge in [-0.15, -0.1) is 0 Å². The minimum absolute atomic E-state index is 0.185. The largest absolute Gasteiger partial charge is 0.466 e. The van der Waals surface area contributed by atoms with Crippen LogP contribution in [0.1, 0.15) is 44.6 Å². The molecular formula is C16H21ClO4. The molecule has 0 radical (unpaired) electrons. The Hall–Kier alpha value is -1.55. The SMILES string of the molecule is CCCCOC(=O)CCCC(=O)Oc1ccc(Cl)cc1C. The fourth-order valence-electron chi connectivity index (χ4n) is 1.68. The first-order chi connectivity index (χ1) is 10.0. The Balaban J connectivity index is 2.26. The van der Waals surface area contributed by atoms with Gasteiger partial charge in [0.15, 0.2) is 0 Å². The summed E-state index contributed by atoms with van der Waals surface area (Å²) in [4.78, 5) is 23.0. The molecule has 5 heteroatoms. The first kappa shape index (κ1) is 17.5. The lowest BCUT2D eigenvalue weighted by Crippen LogP contribution is -2.11. The molecule has 0 unspecified atom stereocenters. The van der Waals surface area contributed by atoms with Gasteiger partial charge in [0.1, 0.15) is 5.75 Å².